The zero-order valence-electron chi connectivity index (χ0n) is 19.2. The summed E-state index contributed by atoms with van der Waals surface area (Å²) in [6.45, 7) is 12.7. The van der Waals surface area contributed by atoms with E-state index in [1.54, 1.807) is 11.8 Å². The first-order valence-electron chi connectivity index (χ1n) is 10.5. The summed E-state index contributed by atoms with van der Waals surface area (Å²) >= 11 is 1.77. The molecule has 1 saturated heterocycles. The van der Waals surface area contributed by atoms with E-state index in [2.05, 4.69) is 11.6 Å². The molecule has 0 aromatic carbocycles. The highest BCUT2D eigenvalue weighted by molar-refractivity contribution is 7.98. The molecule has 29 heavy (non-hydrogen) atoms. The second-order valence-electron chi connectivity index (χ2n) is 9.84. The van der Waals surface area contributed by atoms with Gasteiger partial charge in [-0.1, -0.05) is 20.8 Å². The molecule has 7 nitrogen and oxygen atoms in total. The molecule has 4 N–H and O–H groups in total. The monoisotopic (exact) mass is 437 g/mol. The molecule has 0 saturated carbocycles. The molecule has 0 aliphatic carbocycles. The van der Waals surface area contributed by atoms with E-state index < -0.39 is 36.1 Å². The molecule has 1 aliphatic rings. The summed E-state index contributed by atoms with van der Waals surface area (Å²) in [6.07, 6.45) is -0.207. The lowest BCUT2D eigenvalue weighted by molar-refractivity contribution is -0.251. The van der Waals surface area contributed by atoms with Crippen LogP contribution in [0.4, 0.5) is 0 Å². The molecule has 1 heterocycles. The maximum absolute atomic E-state index is 11.1. The van der Waals surface area contributed by atoms with Crippen molar-refractivity contribution < 1.29 is 29.5 Å². The van der Waals surface area contributed by atoms with Crippen molar-refractivity contribution in [2.24, 2.45) is 5.41 Å². The lowest BCUT2D eigenvalue weighted by atomic mass is 9.78. The van der Waals surface area contributed by atoms with Crippen LogP contribution in [-0.4, -0.2) is 95.9 Å². The largest absolute Gasteiger partial charge is 0.394 e. The highest BCUT2D eigenvalue weighted by atomic mass is 32.2. The normalized spacial score (nSPS) is 29.8. The molecule has 0 aromatic rings. The fraction of sp³-hybridized carbons (Fsp3) is 1.00. The highest BCUT2D eigenvalue weighted by Crippen LogP contribution is 2.35. The number of ether oxygens (including phenoxy) is 3. The number of aliphatic hydroxyl groups is 3. The molecule has 1 aliphatic heterocycles. The SMILES string of the molecule is CSCCCOCC(O)CNC1C(O)C(OC(C)(C)C)C(CO)OC1C(C)(C)C. The van der Waals surface area contributed by atoms with Gasteiger partial charge in [0.1, 0.15) is 18.3 Å². The van der Waals surface area contributed by atoms with Crippen LogP contribution < -0.4 is 5.32 Å². The van der Waals surface area contributed by atoms with Crippen molar-refractivity contribution in [2.45, 2.75) is 90.1 Å². The molecule has 6 unspecified atom stereocenters. The number of thioether (sulfide) groups is 1. The first-order valence-corrected chi connectivity index (χ1v) is 11.9. The first-order chi connectivity index (χ1) is 13.4. The van der Waals surface area contributed by atoms with Crippen LogP contribution >= 0.6 is 11.8 Å². The van der Waals surface area contributed by atoms with E-state index in [9.17, 15) is 15.3 Å². The minimum absolute atomic E-state index is 0.233. The third-order valence-electron chi connectivity index (χ3n) is 4.78. The Hall–Kier alpha value is 0.0700. The predicted molar refractivity (Wildman–Crippen MR) is 117 cm³/mol. The number of aliphatic hydroxyl groups excluding tert-OH is 3. The smallest absolute Gasteiger partial charge is 0.114 e. The van der Waals surface area contributed by atoms with Crippen molar-refractivity contribution in [1.29, 1.82) is 0 Å². The van der Waals surface area contributed by atoms with Gasteiger partial charge in [-0.05, 0) is 44.6 Å². The lowest BCUT2D eigenvalue weighted by Gasteiger charge is -2.50. The zero-order chi connectivity index (χ0) is 22.2. The van der Waals surface area contributed by atoms with Crippen molar-refractivity contribution in [3.63, 3.8) is 0 Å². The standard InChI is InChI=1S/C21H43NO6S/c1-20(2,3)19-16(22-11-14(24)13-26-9-8-10-29-7)17(25)18(15(12-23)27-19)28-21(4,5)6/h14-19,22-25H,8-13H2,1-7H3. The summed E-state index contributed by atoms with van der Waals surface area (Å²) in [4.78, 5) is 0. The van der Waals surface area contributed by atoms with Gasteiger partial charge in [0.2, 0.25) is 0 Å². The van der Waals surface area contributed by atoms with E-state index >= 15 is 0 Å². The Balaban J connectivity index is 2.77. The quantitative estimate of drug-likeness (QED) is 0.360. The van der Waals surface area contributed by atoms with Crippen LogP contribution in [0.25, 0.3) is 0 Å². The van der Waals surface area contributed by atoms with E-state index in [0.29, 0.717) is 6.61 Å². The molecule has 1 fully saturated rings. The van der Waals surface area contributed by atoms with E-state index in [0.717, 1.165) is 12.2 Å². The summed E-state index contributed by atoms with van der Waals surface area (Å²) < 4.78 is 17.7. The molecule has 0 amide bonds. The summed E-state index contributed by atoms with van der Waals surface area (Å²) in [5.74, 6) is 1.04. The van der Waals surface area contributed by atoms with Crippen LogP contribution in [0, 0.1) is 5.41 Å². The fourth-order valence-electron chi connectivity index (χ4n) is 3.48. The van der Waals surface area contributed by atoms with Crippen LogP contribution in [0.3, 0.4) is 0 Å². The van der Waals surface area contributed by atoms with Crippen LogP contribution in [0.15, 0.2) is 0 Å². The van der Waals surface area contributed by atoms with E-state index in [1.807, 2.05) is 41.5 Å². The van der Waals surface area contributed by atoms with Gasteiger partial charge >= 0.3 is 0 Å². The van der Waals surface area contributed by atoms with Gasteiger partial charge in [0.25, 0.3) is 0 Å². The van der Waals surface area contributed by atoms with Gasteiger partial charge in [0.15, 0.2) is 0 Å². The average Bonchev–Trinajstić information content (AvgIpc) is 2.60. The lowest BCUT2D eigenvalue weighted by Crippen LogP contribution is -2.67. The van der Waals surface area contributed by atoms with E-state index in [4.69, 9.17) is 14.2 Å². The number of rotatable bonds is 11. The van der Waals surface area contributed by atoms with Gasteiger partial charge in [-0.25, -0.2) is 0 Å². The van der Waals surface area contributed by atoms with Gasteiger partial charge in [0, 0.05) is 13.2 Å². The third kappa shape index (κ3) is 9.39. The maximum atomic E-state index is 11.1. The molecular formula is C21H43NO6S. The van der Waals surface area contributed by atoms with Crippen molar-refractivity contribution in [2.75, 3.05) is 38.4 Å². The minimum atomic E-state index is -0.890. The summed E-state index contributed by atoms with van der Waals surface area (Å²) in [6, 6.07) is -0.448. The topological polar surface area (TPSA) is 100 Å². The Morgan fingerprint density at radius 3 is 2.34 bits per heavy atom. The van der Waals surface area contributed by atoms with Crippen LogP contribution in [0.5, 0.6) is 0 Å². The van der Waals surface area contributed by atoms with E-state index in [1.165, 1.54) is 0 Å². The predicted octanol–water partition coefficient (Wildman–Crippen LogP) is 1.43. The molecular weight excluding hydrogens is 394 g/mol. The van der Waals surface area contributed by atoms with Crippen molar-refractivity contribution in [1.82, 2.24) is 5.32 Å². The molecule has 174 valence electrons. The highest BCUT2D eigenvalue weighted by Gasteiger charge is 2.50. The summed E-state index contributed by atoms with van der Waals surface area (Å²) in [5, 5.41) is 34.5. The van der Waals surface area contributed by atoms with Crippen LogP contribution in [0.2, 0.25) is 0 Å². The molecule has 1 rings (SSSR count). The van der Waals surface area contributed by atoms with Gasteiger partial charge in [-0.2, -0.15) is 11.8 Å². The van der Waals surface area contributed by atoms with Crippen LogP contribution in [-0.2, 0) is 14.2 Å². The molecule has 0 spiro atoms. The molecule has 0 bridgehead atoms. The molecule has 6 atom stereocenters. The van der Waals surface area contributed by atoms with E-state index in [-0.39, 0.29) is 31.3 Å². The second-order valence-corrected chi connectivity index (χ2v) is 10.8. The first kappa shape index (κ1) is 27.1. The van der Waals surface area contributed by atoms with Crippen LogP contribution in [0.1, 0.15) is 48.0 Å². The number of nitrogens with one attached hydrogen (secondary N) is 1. The molecule has 8 heteroatoms. The zero-order valence-corrected chi connectivity index (χ0v) is 20.0. The Kier molecular flexibility index (Phi) is 11.4. The number of hydrogen-bond acceptors (Lipinski definition) is 8. The minimum Gasteiger partial charge on any atom is -0.394 e. The van der Waals surface area contributed by atoms with Crippen molar-refractivity contribution in [3.05, 3.63) is 0 Å². The van der Waals surface area contributed by atoms with Gasteiger partial charge < -0.3 is 34.8 Å². The fourth-order valence-corrected chi connectivity index (χ4v) is 3.89. The summed E-state index contributed by atoms with van der Waals surface area (Å²) in [7, 11) is 0. The Morgan fingerprint density at radius 1 is 1.17 bits per heavy atom. The number of hydrogen-bond donors (Lipinski definition) is 4. The van der Waals surface area contributed by atoms with Gasteiger partial charge in [0.05, 0.1) is 37.1 Å². The molecule has 0 radical (unpaired) electrons. The Bertz CT molecular complexity index is 453. The third-order valence-corrected chi connectivity index (χ3v) is 5.48. The van der Waals surface area contributed by atoms with Crippen molar-refractivity contribution >= 4 is 11.8 Å². The Labute approximate surface area is 180 Å². The van der Waals surface area contributed by atoms with Gasteiger partial charge in [-0.3, -0.25) is 0 Å². The summed E-state index contributed by atoms with van der Waals surface area (Å²) in [5.41, 5.74) is -0.774. The second kappa shape index (κ2) is 12.2. The van der Waals surface area contributed by atoms with Crippen molar-refractivity contribution in [3.8, 4) is 0 Å². The average molecular weight is 438 g/mol. The molecule has 0 aromatic heterocycles. The van der Waals surface area contributed by atoms with Gasteiger partial charge in [-0.15, -0.1) is 0 Å². The maximum Gasteiger partial charge on any atom is 0.114 e. The Morgan fingerprint density at radius 2 is 1.83 bits per heavy atom.